The van der Waals surface area contributed by atoms with Crippen molar-refractivity contribution < 1.29 is 4.79 Å². The Hall–Kier alpha value is -1.87. The van der Waals surface area contributed by atoms with E-state index in [4.69, 9.17) is 11.6 Å². The molecule has 0 saturated heterocycles. The van der Waals surface area contributed by atoms with Crippen LogP contribution in [0.5, 0.6) is 0 Å². The Kier molecular flexibility index (Phi) is 3.95. The molecule has 0 atom stereocenters. The normalized spacial score (nSPS) is 10.1. The van der Waals surface area contributed by atoms with Crippen LogP contribution in [0.1, 0.15) is 12.5 Å². The van der Waals surface area contributed by atoms with E-state index in [0.717, 1.165) is 11.3 Å². The highest BCUT2D eigenvalue weighted by Crippen LogP contribution is 2.26. The number of halogens is 1. The van der Waals surface area contributed by atoms with Crippen molar-refractivity contribution in [1.82, 2.24) is 4.98 Å². The predicted octanol–water partition coefficient (Wildman–Crippen LogP) is 3.29. The van der Waals surface area contributed by atoms with E-state index in [9.17, 15) is 4.79 Å². The molecule has 0 unspecified atom stereocenters. The average molecular weight is 261 g/mol. The summed E-state index contributed by atoms with van der Waals surface area (Å²) >= 11 is 6.12. The largest absolute Gasteiger partial charge is 0.307 e. The van der Waals surface area contributed by atoms with Gasteiger partial charge in [0.25, 0.3) is 0 Å². The van der Waals surface area contributed by atoms with Crippen LogP contribution in [0.4, 0.5) is 5.69 Å². The number of rotatable bonds is 3. The molecule has 4 heteroatoms. The summed E-state index contributed by atoms with van der Waals surface area (Å²) in [7, 11) is 0. The van der Waals surface area contributed by atoms with E-state index in [1.807, 2.05) is 30.3 Å². The van der Waals surface area contributed by atoms with Crippen molar-refractivity contribution in [3.05, 3.63) is 59.4 Å². The zero-order valence-corrected chi connectivity index (χ0v) is 10.8. The topological polar surface area (TPSA) is 33.2 Å². The first kappa shape index (κ1) is 12.6. The molecule has 2 aromatic rings. The molecule has 0 N–H and O–H groups in total. The van der Waals surface area contributed by atoms with E-state index in [-0.39, 0.29) is 5.91 Å². The number of anilines is 1. The minimum Gasteiger partial charge on any atom is -0.307 e. The minimum atomic E-state index is -0.0491. The van der Waals surface area contributed by atoms with Gasteiger partial charge in [-0.15, -0.1) is 0 Å². The van der Waals surface area contributed by atoms with E-state index in [2.05, 4.69) is 4.98 Å². The van der Waals surface area contributed by atoms with Crippen LogP contribution in [0.25, 0.3) is 0 Å². The summed E-state index contributed by atoms with van der Waals surface area (Å²) < 4.78 is 0. The third kappa shape index (κ3) is 2.87. The van der Waals surface area contributed by atoms with Gasteiger partial charge in [-0.3, -0.25) is 9.78 Å². The summed E-state index contributed by atoms with van der Waals surface area (Å²) in [4.78, 5) is 17.4. The van der Waals surface area contributed by atoms with Gasteiger partial charge in [0.1, 0.15) is 0 Å². The number of hydrogen-bond acceptors (Lipinski definition) is 2. The summed E-state index contributed by atoms with van der Waals surface area (Å²) in [6.07, 6.45) is 3.45. The van der Waals surface area contributed by atoms with E-state index in [1.165, 1.54) is 6.92 Å². The van der Waals surface area contributed by atoms with Gasteiger partial charge in [0.15, 0.2) is 0 Å². The standard InChI is InChI=1S/C14H13ClN2O/c1-11(18)17(10-12-5-4-8-16-9-12)14-7-3-2-6-13(14)15/h2-9H,10H2,1H3. The Labute approximate surface area is 111 Å². The number of amides is 1. The third-order valence-corrected chi connectivity index (χ3v) is 2.91. The van der Waals surface area contributed by atoms with Crippen LogP contribution >= 0.6 is 11.6 Å². The Morgan fingerprint density at radius 2 is 2.06 bits per heavy atom. The number of carbonyl (C=O) groups is 1. The Morgan fingerprint density at radius 1 is 1.28 bits per heavy atom. The molecule has 1 aromatic carbocycles. The molecule has 92 valence electrons. The highest BCUT2D eigenvalue weighted by atomic mass is 35.5. The maximum absolute atomic E-state index is 11.7. The van der Waals surface area contributed by atoms with Crippen molar-refractivity contribution in [3.63, 3.8) is 0 Å². The van der Waals surface area contributed by atoms with Crippen molar-refractivity contribution in [3.8, 4) is 0 Å². The molecular formula is C14H13ClN2O. The molecule has 0 saturated carbocycles. The molecule has 0 radical (unpaired) electrons. The van der Waals surface area contributed by atoms with Gasteiger partial charge in [-0.05, 0) is 23.8 Å². The van der Waals surface area contributed by atoms with Crippen molar-refractivity contribution in [2.45, 2.75) is 13.5 Å². The smallest absolute Gasteiger partial charge is 0.224 e. The Morgan fingerprint density at radius 3 is 2.67 bits per heavy atom. The molecule has 0 bridgehead atoms. The lowest BCUT2D eigenvalue weighted by atomic mass is 10.2. The van der Waals surface area contributed by atoms with Crippen LogP contribution in [0.2, 0.25) is 5.02 Å². The lowest BCUT2D eigenvalue weighted by Gasteiger charge is -2.22. The van der Waals surface area contributed by atoms with Crippen molar-refractivity contribution >= 4 is 23.2 Å². The van der Waals surface area contributed by atoms with Crippen molar-refractivity contribution in [1.29, 1.82) is 0 Å². The number of carbonyl (C=O) groups excluding carboxylic acids is 1. The number of pyridine rings is 1. The van der Waals surface area contributed by atoms with Gasteiger partial charge in [0.2, 0.25) is 5.91 Å². The molecule has 1 aromatic heterocycles. The van der Waals surface area contributed by atoms with E-state index in [0.29, 0.717) is 11.6 Å². The minimum absolute atomic E-state index is 0.0491. The molecule has 18 heavy (non-hydrogen) atoms. The van der Waals surface area contributed by atoms with E-state index < -0.39 is 0 Å². The molecule has 0 aliphatic carbocycles. The molecule has 0 aliphatic rings. The second-order valence-corrected chi connectivity index (χ2v) is 4.33. The van der Waals surface area contributed by atoms with Crippen LogP contribution < -0.4 is 4.90 Å². The van der Waals surface area contributed by atoms with Gasteiger partial charge in [-0.1, -0.05) is 29.8 Å². The molecule has 3 nitrogen and oxygen atoms in total. The van der Waals surface area contributed by atoms with Crippen molar-refractivity contribution in [2.24, 2.45) is 0 Å². The number of aromatic nitrogens is 1. The first-order valence-corrected chi connectivity index (χ1v) is 5.98. The first-order valence-electron chi connectivity index (χ1n) is 5.60. The molecule has 0 fully saturated rings. The highest BCUT2D eigenvalue weighted by Gasteiger charge is 2.14. The second kappa shape index (κ2) is 5.65. The zero-order chi connectivity index (χ0) is 13.0. The molecule has 1 amide bonds. The lowest BCUT2D eigenvalue weighted by molar-refractivity contribution is -0.116. The summed E-state index contributed by atoms with van der Waals surface area (Å²) in [5.74, 6) is -0.0491. The van der Waals surface area contributed by atoms with Gasteiger partial charge in [-0.25, -0.2) is 0 Å². The summed E-state index contributed by atoms with van der Waals surface area (Å²) in [5.41, 5.74) is 1.68. The molecule has 0 aliphatic heterocycles. The highest BCUT2D eigenvalue weighted by molar-refractivity contribution is 6.33. The van der Waals surface area contributed by atoms with Crippen LogP contribution in [-0.2, 0) is 11.3 Å². The van der Waals surface area contributed by atoms with Gasteiger partial charge in [0.05, 0.1) is 17.3 Å². The van der Waals surface area contributed by atoms with Gasteiger partial charge >= 0.3 is 0 Å². The Balaban J connectivity index is 2.30. The van der Waals surface area contributed by atoms with Gasteiger partial charge in [0, 0.05) is 19.3 Å². The molecular weight excluding hydrogens is 248 g/mol. The van der Waals surface area contributed by atoms with E-state index >= 15 is 0 Å². The van der Waals surface area contributed by atoms with E-state index in [1.54, 1.807) is 23.4 Å². The molecule has 2 rings (SSSR count). The van der Waals surface area contributed by atoms with Crippen molar-refractivity contribution in [2.75, 3.05) is 4.90 Å². The fraction of sp³-hybridized carbons (Fsp3) is 0.143. The van der Waals surface area contributed by atoms with Crippen LogP contribution in [-0.4, -0.2) is 10.9 Å². The summed E-state index contributed by atoms with van der Waals surface area (Å²) in [5, 5.41) is 0.566. The Bertz CT molecular complexity index is 543. The van der Waals surface area contributed by atoms with Crippen LogP contribution in [0.15, 0.2) is 48.8 Å². The van der Waals surface area contributed by atoms with Crippen LogP contribution in [0.3, 0.4) is 0 Å². The fourth-order valence-electron chi connectivity index (χ4n) is 1.71. The van der Waals surface area contributed by atoms with Gasteiger partial charge in [-0.2, -0.15) is 0 Å². The second-order valence-electron chi connectivity index (χ2n) is 3.92. The molecule has 1 heterocycles. The maximum Gasteiger partial charge on any atom is 0.224 e. The SMILES string of the molecule is CC(=O)N(Cc1cccnc1)c1ccccc1Cl. The average Bonchev–Trinajstić information content (AvgIpc) is 2.38. The number of para-hydroxylation sites is 1. The lowest BCUT2D eigenvalue weighted by Crippen LogP contribution is -2.28. The monoisotopic (exact) mass is 260 g/mol. The quantitative estimate of drug-likeness (QED) is 0.848. The number of benzene rings is 1. The third-order valence-electron chi connectivity index (χ3n) is 2.59. The fourth-order valence-corrected chi connectivity index (χ4v) is 1.95. The van der Waals surface area contributed by atoms with Crippen LogP contribution in [0, 0.1) is 0 Å². The van der Waals surface area contributed by atoms with Gasteiger partial charge < -0.3 is 4.90 Å². The number of hydrogen-bond donors (Lipinski definition) is 0. The zero-order valence-electron chi connectivity index (χ0n) is 10.0. The number of nitrogens with zero attached hydrogens (tertiary/aromatic N) is 2. The molecule has 0 spiro atoms. The summed E-state index contributed by atoms with van der Waals surface area (Å²) in [6, 6.07) is 11.1. The maximum atomic E-state index is 11.7. The summed E-state index contributed by atoms with van der Waals surface area (Å²) in [6.45, 7) is 1.99. The first-order chi connectivity index (χ1) is 8.68. The predicted molar refractivity (Wildman–Crippen MR) is 72.6 cm³/mol.